The van der Waals surface area contributed by atoms with Gasteiger partial charge in [-0.2, -0.15) is 0 Å². The summed E-state index contributed by atoms with van der Waals surface area (Å²) in [5.74, 6) is 0.421. The van der Waals surface area contributed by atoms with Crippen LogP contribution in [0.25, 0.3) is 11.2 Å². The van der Waals surface area contributed by atoms with Crippen LogP contribution < -0.4 is 16.1 Å². The van der Waals surface area contributed by atoms with Crippen LogP contribution in [0.4, 0.5) is 10.1 Å². The standard InChI is InChI=1S/C17H19FN6O2/c1-22-15-14(16(25)21-17(22)26)19-13(20-15)10-23-6-8-24(9-7-23)12-5-3-2-4-11(12)18/h2-5H,6-10H2,1H3,(H,19,20)(H,21,25,26). The SMILES string of the molecule is Cn1c(=O)[nH]c(=O)c2[nH]c(CN3CCN(c4ccccc4F)CC3)nc21. The Kier molecular flexibility index (Phi) is 4.08. The molecule has 0 unspecified atom stereocenters. The van der Waals surface area contributed by atoms with Crippen LogP contribution in [0.15, 0.2) is 33.9 Å². The number of anilines is 1. The summed E-state index contributed by atoms with van der Waals surface area (Å²) in [6.07, 6.45) is 0. The number of para-hydroxylation sites is 1. The number of benzene rings is 1. The van der Waals surface area contributed by atoms with Gasteiger partial charge in [-0.1, -0.05) is 12.1 Å². The average Bonchev–Trinajstić information content (AvgIpc) is 3.06. The van der Waals surface area contributed by atoms with Gasteiger partial charge in [0.1, 0.15) is 17.2 Å². The maximum atomic E-state index is 13.9. The van der Waals surface area contributed by atoms with Gasteiger partial charge in [0.15, 0.2) is 5.65 Å². The van der Waals surface area contributed by atoms with Crippen molar-refractivity contribution in [1.29, 1.82) is 0 Å². The molecule has 8 nitrogen and oxygen atoms in total. The van der Waals surface area contributed by atoms with E-state index in [-0.39, 0.29) is 5.82 Å². The molecule has 1 aliphatic rings. The molecule has 1 fully saturated rings. The summed E-state index contributed by atoms with van der Waals surface area (Å²) >= 11 is 0. The summed E-state index contributed by atoms with van der Waals surface area (Å²) in [4.78, 5) is 37.4. The molecule has 0 radical (unpaired) electrons. The summed E-state index contributed by atoms with van der Waals surface area (Å²) in [6.45, 7) is 3.45. The third kappa shape index (κ3) is 2.90. The van der Waals surface area contributed by atoms with Crippen LogP contribution in [0, 0.1) is 5.82 Å². The second kappa shape index (κ2) is 6.41. The van der Waals surface area contributed by atoms with E-state index in [1.165, 1.54) is 10.6 Å². The molecule has 0 bridgehead atoms. The van der Waals surface area contributed by atoms with Crippen LogP contribution in [0.3, 0.4) is 0 Å². The number of nitrogens with one attached hydrogen (secondary N) is 2. The second-order valence-electron chi connectivity index (χ2n) is 6.42. The number of hydrogen-bond acceptors (Lipinski definition) is 5. The highest BCUT2D eigenvalue weighted by molar-refractivity contribution is 5.69. The lowest BCUT2D eigenvalue weighted by molar-refractivity contribution is 0.244. The van der Waals surface area contributed by atoms with Gasteiger partial charge in [0.05, 0.1) is 12.2 Å². The Labute approximate surface area is 147 Å². The first-order valence-corrected chi connectivity index (χ1v) is 8.42. The molecule has 1 aliphatic heterocycles. The normalized spacial score (nSPS) is 15.7. The van der Waals surface area contributed by atoms with Crippen LogP contribution in [0.2, 0.25) is 0 Å². The minimum Gasteiger partial charge on any atom is -0.367 e. The Morgan fingerprint density at radius 2 is 1.85 bits per heavy atom. The first-order chi connectivity index (χ1) is 12.5. The van der Waals surface area contributed by atoms with Crippen molar-refractivity contribution in [2.75, 3.05) is 31.1 Å². The second-order valence-corrected chi connectivity index (χ2v) is 6.42. The van der Waals surface area contributed by atoms with Crippen LogP contribution >= 0.6 is 0 Å². The van der Waals surface area contributed by atoms with Gasteiger partial charge < -0.3 is 9.88 Å². The predicted octanol–water partition coefficient (Wildman–Crippen LogP) is 0.411. The first-order valence-electron chi connectivity index (χ1n) is 8.42. The van der Waals surface area contributed by atoms with E-state index in [9.17, 15) is 14.0 Å². The highest BCUT2D eigenvalue weighted by atomic mass is 19.1. The quantitative estimate of drug-likeness (QED) is 0.708. The Hall–Kier alpha value is -2.94. The minimum absolute atomic E-state index is 0.210. The van der Waals surface area contributed by atoms with Crippen molar-refractivity contribution in [2.45, 2.75) is 6.54 Å². The average molecular weight is 358 g/mol. The van der Waals surface area contributed by atoms with E-state index in [0.29, 0.717) is 42.3 Å². The number of aryl methyl sites for hydroxylation is 1. The van der Waals surface area contributed by atoms with E-state index in [2.05, 4.69) is 19.9 Å². The van der Waals surface area contributed by atoms with Gasteiger partial charge in [-0.05, 0) is 12.1 Å². The van der Waals surface area contributed by atoms with Gasteiger partial charge in [-0.15, -0.1) is 0 Å². The summed E-state index contributed by atoms with van der Waals surface area (Å²) in [6, 6.07) is 6.78. The number of nitrogens with zero attached hydrogens (tertiary/aromatic N) is 4. The number of H-pyrrole nitrogens is 2. The zero-order valence-electron chi connectivity index (χ0n) is 14.3. The molecule has 0 amide bonds. The number of hydrogen-bond donors (Lipinski definition) is 2. The molecule has 1 aromatic carbocycles. The Morgan fingerprint density at radius 3 is 2.58 bits per heavy atom. The van der Waals surface area contributed by atoms with Crippen molar-refractivity contribution in [3.05, 3.63) is 56.7 Å². The first kappa shape index (κ1) is 16.5. The van der Waals surface area contributed by atoms with Crippen LogP contribution in [-0.4, -0.2) is 50.6 Å². The van der Waals surface area contributed by atoms with E-state index in [4.69, 9.17) is 0 Å². The lowest BCUT2D eigenvalue weighted by Crippen LogP contribution is -2.46. The number of aromatic nitrogens is 4. The van der Waals surface area contributed by atoms with Gasteiger partial charge in [0.25, 0.3) is 5.56 Å². The highest BCUT2D eigenvalue weighted by Gasteiger charge is 2.20. The Bertz CT molecular complexity index is 1060. The number of imidazole rings is 1. The van der Waals surface area contributed by atoms with Gasteiger partial charge in [-0.25, -0.2) is 14.2 Å². The van der Waals surface area contributed by atoms with Crippen LogP contribution in [0.1, 0.15) is 5.82 Å². The van der Waals surface area contributed by atoms with Crippen molar-refractivity contribution < 1.29 is 4.39 Å². The van der Waals surface area contributed by atoms with Crippen molar-refractivity contribution >= 4 is 16.9 Å². The number of piperazine rings is 1. The van der Waals surface area contributed by atoms with Crippen molar-refractivity contribution in [2.24, 2.45) is 7.05 Å². The zero-order valence-corrected chi connectivity index (χ0v) is 14.3. The maximum Gasteiger partial charge on any atom is 0.329 e. The highest BCUT2D eigenvalue weighted by Crippen LogP contribution is 2.20. The number of rotatable bonds is 3. The monoisotopic (exact) mass is 358 g/mol. The lowest BCUT2D eigenvalue weighted by atomic mass is 10.2. The van der Waals surface area contributed by atoms with Crippen LogP contribution in [-0.2, 0) is 13.6 Å². The third-order valence-electron chi connectivity index (χ3n) is 4.74. The molecule has 0 saturated carbocycles. The number of aromatic amines is 2. The summed E-state index contributed by atoms with van der Waals surface area (Å²) in [5.41, 5.74) is 0.313. The molecule has 2 N–H and O–H groups in total. The van der Waals surface area contributed by atoms with Gasteiger partial charge in [0, 0.05) is 33.2 Å². The molecule has 1 saturated heterocycles. The zero-order chi connectivity index (χ0) is 18.3. The predicted molar refractivity (Wildman–Crippen MR) is 95.8 cm³/mol. The van der Waals surface area contributed by atoms with Crippen molar-refractivity contribution in [1.82, 2.24) is 24.4 Å². The summed E-state index contributed by atoms with van der Waals surface area (Å²) in [7, 11) is 1.57. The van der Waals surface area contributed by atoms with Crippen molar-refractivity contribution in [3.63, 3.8) is 0 Å². The molecule has 136 valence electrons. The summed E-state index contributed by atoms with van der Waals surface area (Å²) in [5, 5.41) is 0. The molecule has 0 aliphatic carbocycles. The largest absolute Gasteiger partial charge is 0.367 e. The smallest absolute Gasteiger partial charge is 0.329 e. The minimum atomic E-state index is -0.487. The van der Waals surface area contributed by atoms with E-state index in [0.717, 1.165) is 13.1 Å². The molecule has 0 spiro atoms. The van der Waals surface area contributed by atoms with Crippen molar-refractivity contribution in [3.8, 4) is 0 Å². The molecule has 3 heterocycles. The van der Waals surface area contributed by atoms with E-state index in [1.54, 1.807) is 19.2 Å². The Balaban J connectivity index is 1.48. The fourth-order valence-corrected chi connectivity index (χ4v) is 3.29. The summed E-state index contributed by atoms with van der Waals surface area (Å²) < 4.78 is 15.2. The fraction of sp³-hybridized carbons (Fsp3) is 0.353. The van der Waals surface area contributed by atoms with Gasteiger partial charge in [0.2, 0.25) is 0 Å². The molecular formula is C17H19FN6O2. The van der Waals surface area contributed by atoms with Gasteiger partial charge >= 0.3 is 5.69 Å². The Morgan fingerprint density at radius 1 is 1.12 bits per heavy atom. The van der Waals surface area contributed by atoms with E-state index < -0.39 is 11.2 Å². The van der Waals surface area contributed by atoms with Crippen LogP contribution in [0.5, 0.6) is 0 Å². The number of halogens is 1. The third-order valence-corrected chi connectivity index (χ3v) is 4.74. The topological polar surface area (TPSA) is 90.0 Å². The molecule has 3 aromatic rings. The molecule has 26 heavy (non-hydrogen) atoms. The van der Waals surface area contributed by atoms with E-state index >= 15 is 0 Å². The van der Waals surface area contributed by atoms with E-state index in [1.807, 2.05) is 11.0 Å². The fourth-order valence-electron chi connectivity index (χ4n) is 3.29. The molecule has 2 aromatic heterocycles. The molecular weight excluding hydrogens is 339 g/mol. The lowest BCUT2D eigenvalue weighted by Gasteiger charge is -2.35. The van der Waals surface area contributed by atoms with Gasteiger partial charge in [-0.3, -0.25) is 19.2 Å². The number of fused-ring (bicyclic) bond motifs is 1. The maximum absolute atomic E-state index is 13.9. The molecule has 9 heteroatoms. The molecule has 0 atom stereocenters. The molecule has 4 rings (SSSR count).